The average Bonchev–Trinajstić information content (AvgIpc) is 2.81. The summed E-state index contributed by atoms with van der Waals surface area (Å²) in [5.74, 6) is -0.733. The summed E-state index contributed by atoms with van der Waals surface area (Å²) in [7, 11) is -4.96. The molecule has 38 heavy (non-hydrogen) atoms. The fraction of sp³-hybridized carbons (Fsp3) is 0. The fourth-order valence-corrected chi connectivity index (χ4v) is 4.41. The molecule has 0 spiro atoms. The fourth-order valence-electron chi connectivity index (χ4n) is 3.02. The van der Waals surface area contributed by atoms with Crippen LogP contribution in [0.3, 0.4) is 0 Å². The van der Waals surface area contributed by atoms with Crippen LogP contribution in [0.25, 0.3) is 10.8 Å². The normalized spacial score (nSPS) is 11.3. The number of rotatable bonds is 8. The van der Waals surface area contributed by atoms with E-state index in [-0.39, 0.29) is 103 Å². The van der Waals surface area contributed by atoms with Gasteiger partial charge in [0.25, 0.3) is 0 Å². The van der Waals surface area contributed by atoms with Crippen molar-refractivity contribution in [1.82, 2.24) is 15.0 Å². The van der Waals surface area contributed by atoms with Crippen LogP contribution in [0.5, 0.6) is 5.75 Å². The molecule has 0 aliphatic heterocycles. The number of phenolic OH excluding ortho intramolecular Hbond substituents is 1. The van der Waals surface area contributed by atoms with Gasteiger partial charge in [0.05, 0.1) is 33.2 Å². The van der Waals surface area contributed by atoms with E-state index in [0.717, 1.165) is 12.1 Å². The third-order valence-corrected chi connectivity index (χ3v) is 6.18. The third-order valence-electron chi connectivity index (χ3n) is 4.41. The van der Waals surface area contributed by atoms with E-state index in [1.54, 1.807) is 30.3 Å². The third kappa shape index (κ3) is 8.18. The van der Waals surface area contributed by atoms with Gasteiger partial charge >= 0.3 is 59.1 Å². The molecule has 0 saturated carbocycles. The van der Waals surface area contributed by atoms with Crippen LogP contribution >= 0.6 is 35.2 Å². The molecule has 0 aliphatic rings. The first-order chi connectivity index (χ1) is 17.2. The number of azo groups is 1. The Balaban J connectivity index is 0.00000253. The number of phenols is 1. The zero-order chi connectivity index (χ0) is 25.9. The number of hydrogen-bond acceptors (Lipinski definition) is 14. The first-order valence-electron chi connectivity index (χ1n) is 9.39. The molecular weight excluding hydrogens is 605 g/mol. The van der Waals surface area contributed by atoms with E-state index in [0.29, 0.717) is 17.7 Å². The number of hydrogen-bond donors (Lipinski definition) is 2. The monoisotopic (exact) mass is 614 g/mol. The van der Waals surface area contributed by atoms with Crippen LogP contribution in [-0.4, -0.2) is 33.0 Å². The molecule has 0 atom stereocenters. The van der Waals surface area contributed by atoms with E-state index in [2.05, 4.69) is 39.9 Å². The molecule has 3 aromatic carbocycles. The van der Waals surface area contributed by atoms with Crippen molar-refractivity contribution in [2.75, 3.05) is 5.32 Å². The Morgan fingerprint density at radius 3 is 2.26 bits per heavy atom. The van der Waals surface area contributed by atoms with Crippen LogP contribution < -0.4 is 69.7 Å². The topological polar surface area (TPSA) is 194 Å². The Labute approximate surface area is 273 Å². The summed E-state index contributed by atoms with van der Waals surface area (Å²) in [5.41, 5.74) is 0.155. The van der Waals surface area contributed by atoms with Crippen LogP contribution in [0.15, 0.2) is 68.6 Å². The van der Waals surface area contributed by atoms with Crippen molar-refractivity contribution < 1.29 is 91.8 Å². The van der Waals surface area contributed by atoms with E-state index in [1.165, 1.54) is 6.07 Å². The molecule has 0 saturated heterocycles. The van der Waals surface area contributed by atoms with Crippen molar-refractivity contribution in [3.63, 3.8) is 0 Å². The maximum absolute atomic E-state index is 11.8. The summed E-state index contributed by atoms with van der Waals surface area (Å²) in [6, 6.07) is 11.8. The Hall–Kier alpha value is -1.15. The average molecular weight is 615 g/mol. The molecule has 0 fully saturated rings. The van der Waals surface area contributed by atoms with Crippen molar-refractivity contribution in [2.45, 2.75) is 9.79 Å². The van der Waals surface area contributed by atoms with Gasteiger partial charge in [0.1, 0.15) is 15.8 Å². The van der Waals surface area contributed by atoms with Crippen LogP contribution in [-0.2, 0) is 19.5 Å². The molecule has 2 N–H and O–H groups in total. The standard InChI is InChI=1S/C19H12Cl2N6O7S2.2Na/c20-17-23-18(21)25-19(24-17)22-12-8-11(36(30,31)32)6-9-7-13(35-34-33-29)15(16(28)14(9)12)27-26-10-4-2-1-3-5-10;;/h1-8,28-29H,(H,30,31,32)(H,22,23,24,25);;/q;2*+1/p-2. The number of nitrogens with zero attached hydrogens (tertiary/aromatic N) is 5. The number of nitrogens with one attached hydrogen (secondary N) is 1. The van der Waals surface area contributed by atoms with Gasteiger partial charge in [-0.3, -0.25) is 5.04 Å². The second-order valence-corrected chi connectivity index (χ2v) is 9.47. The molecule has 0 radical (unpaired) electrons. The Morgan fingerprint density at radius 2 is 1.66 bits per heavy atom. The van der Waals surface area contributed by atoms with Gasteiger partial charge in [-0.05, 0) is 58.9 Å². The van der Waals surface area contributed by atoms with Gasteiger partial charge in [-0.2, -0.15) is 24.4 Å². The van der Waals surface area contributed by atoms with Gasteiger partial charge in [0, 0.05) is 5.39 Å². The van der Waals surface area contributed by atoms with E-state index in [4.69, 9.17) is 23.2 Å². The maximum Gasteiger partial charge on any atom is 1.00 e. The van der Waals surface area contributed by atoms with Crippen molar-refractivity contribution >= 4 is 79.1 Å². The molecule has 186 valence electrons. The molecular formula is C19H10Cl2N6Na2O7S2. The number of fused-ring (bicyclic) bond motifs is 1. The quantitative estimate of drug-likeness (QED) is 0.0573. The van der Waals surface area contributed by atoms with Crippen molar-refractivity contribution in [3.05, 3.63) is 59.1 Å². The van der Waals surface area contributed by atoms with E-state index in [9.17, 15) is 23.3 Å². The first-order valence-corrected chi connectivity index (χ1v) is 12.3. The number of halogens is 2. The molecule has 0 amide bonds. The molecule has 0 aliphatic carbocycles. The number of anilines is 2. The second kappa shape index (κ2) is 14.5. The second-order valence-electron chi connectivity index (χ2n) is 6.67. The molecule has 4 rings (SSSR count). The van der Waals surface area contributed by atoms with Crippen molar-refractivity contribution in [1.29, 1.82) is 0 Å². The van der Waals surface area contributed by atoms with Gasteiger partial charge in [-0.15, -0.1) is 5.11 Å². The summed E-state index contributed by atoms with van der Waals surface area (Å²) in [4.78, 5) is 10.6. The minimum absolute atomic E-state index is 0. The van der Waals surface area contributed by atoms with Crippen LogP contribution in [0.1, 0.15) is 0 Å². The molecule has 0 bridgehead atoms. The number of benzene rings is 3. The smallest absolute Gasteiger partial charge is 0.744 e. The Kier molecular flexibility index (Phi) is 12.6. The Bertz CT molecular complexity index is 1570. The number of aromatic nitrogens is 3. The van der Waals surface area contributed by atoms with Gasteiger partial charge in [-0.25, -0.2) is 8.42 Å². The molecule has 4 aromatic rings. The molecule has 13 nitrogen and oxygen atoms in total. The van der Waals surface area contributed by atoms with E-state index in [1.807, 2.05) is 0 Å². The largest absolute Gasteiger partial charge is 1.00 e. The minimum atomic E-state index is -4.96. The predicted octanol–water partition coefficient (Wildman–Crippen LogP) is -1.66. The SMILES string of the molecule is O=S(=O)([O-])c1cc(Nc2nc(Cl)nc(Cl)n2)c2c(O)c(N=Nc3ccccc3)c(SOO[O-])cc2c1.[Na+].[Na+]. The summed E-state index contributed by atoms with van der Waals surface area (Å²) < 4.78 is 39.8. The predicted molar refractivity (Wildman–Crippen MR) is 125 cm³/mol. The van der Waals surface area contributed by atoms with Gasteiger partial charge < -0.3 is 20.2 Å². The molecule has 19 heteroatoms. The molecule has 1 heterocycles. The Morgan fingerprint density at radius 1 is 1.00 bits per heavy atom. The van der Waals surface area contributed by atoms with Crippen molar-refractivity contribution in [2.24, 2.45) is 10.2 Å². The van der Waals surface area contributed by atoms with Gasteiger partial charge in [-0.1, -0.05) is 18.2 Å². The summed E-state index contributed by atoms with van der Waals surface area (Å²) in [6.45, 7) is 0. The zero-order valence-corrected chi connectivity index (χ0v) is 26.5. The molecule has 1 aromatic heterocycles. The summed E-state index contributed by atoms with van der Waals surface area (Å²) >= 11 is 12.0. The summed E-state index contributed by atoms with van der Waals surface area (Å²) in [5, 5.41) is 35.2. The van der Waals surface area contributed by atoms with Crippen LogP contribution in [0, 0.1) is 0 Å². The van der Waals surface area contributed by atoms with E-state index >= 15 is 0 Å². The minimum Gasteiger partial charge on any atom is -0.744 e. The first kappa shape index (κ1) is 33.1. The van der Waals surface area contributed by atoms with Crippen molar-refractivity contribution in [3.8, 4) is 5.75 Å². The van der Waals surface area contributed by atoms with E-state index < -0.39 is 20.8 Å². The summed E-state index contributed by atoms with van der Waals surface area (Å²) in [6.07, 6.45) is 0. The maximum atomic E-state index is 11.8. The number of aromatic hydroxyl groups is 1. The van der Waals surface area contributed by atoms with Crippen LogP contribution in [0.2, 0.25) is 10.6 Å². The molecule has 0 unspecified atom stereocenters. The van der Waals surface area contributed by atoms with Gasteiger partial charge in [0.2, 0.25) is 16.5 Å². The van der Waals surface area contributed by atoms with Crippen LogP contribution in [0.4, 0.5) is 23.0 Å². The van der Waals surface area contributed by atoms with Gasteiger partial charge in [0.15, 0.2) is 5.75 Å². The zero-order valence-electron chi connectivity index (χ0n) is 19.3.